The van der Waals surface area contributed by atoms with Crippen LogP contribution in [-0.4, -0.2) is 21.1 Å². The van der Waals surface area contributed by atoms with Crippen molar-refractivity contribution < 1.29 is 0 Å². The predicted octanol–water partition coefficient (Wildman–Crippen LogP) is 1.17. The molecule has 1 aromatic rings. The van der Waals surface area contributed by atoms with Gasteiger partial charge in [-0.1, -0.05) is 34.1 Å². The Morgan fingerprint density at radius 1 is 0.769 bits per heavy atom. The highest BCUT2D eigenvalue weighted by molar-refractivity contribution is 9.10. The SMILES string of the molecule is Brc1ccccc1.CN.CN.CN. The molecule has 13 heavy (non-hydrogen) atoms. The Balaban J connectivity index is -0.000000144. The number of hydrogen-bond donors (Lipinski definition) is 3. The van der Waals surface area contributed by atoms with Gasteiger partial charge in [-0.25, -0.2) is 0 Å². The van der Waals surface area contributed by atoms with Crippen molar-refractivity contribution in [1.82, 2.24) is 0 Å². The first-order valence-electron chi connectivity index (χ1n) is 3.83. The monoisotopic (exact) mass is 249 g/mol. The smallest absolute Gasteiger partial charge is 0.0175 e. The molecular formula is C9H20BrN3. The molecule has 0 heterocycles. The lowest BCUT2D eigenvalue weighted by Crippen LogP contribution is -1.69. The second-order valence-corrected chi connectivity index (χ2v) is 2.21. The number of halogens is 1. The topological polar surface area (TPSA) is 78.1 Å². The van der Waals surface area contributed by atoms with E-state index in [0.717, 1.165) is 4.47 Å². The van der Waals surface area contributed by atoms with Gasteiger partial charge in [0.15, 0.2) is 0 Å². The molecule has 0 aliphatic carbocycles. The average molecular weight is 250 g/mol. The first kappa shape index (κ1) is 18.4. The van der Waals surface area contributed by atoms with Gasteiger partial charge in [-0.3, -0.25) is 0 Å². The number of hydrogen-bond acceptors (Lipinski definition) is 3. The number of benzene rings is 1. The zero-order chi connectivity index (χ0) is 11.1. The molecule has 4 heteroatoms. The van der Waals surface area contributed by atoms with Crippen molar-refractivity contribution in [3.05, 3.63) is 34.8 Å². The summed E-state index contributed by atoms with van der Waals surface area (Å²) in [6.45, 7) is 0. The van der Waals surface area contributed by atoms with Crippen LogP contribution < -0.4 is 17.2 Å². The molecule has 0 amide bonds. The maximum atomic E-state index is 4.50. The standard InChI is InChI=1S/C6H5Br.3CH5N/c7-6-4-2-1-3-5-6;3*1-2/h1-5H;3*2H2,1H3. The van der Waals surface area contributed by atoms with Crippen molar-refractivity contribution in [3.63, 3.8) is 0 Å². The molecule has 0 radical (unpaired) electrons. The molecule has 1 aromatic carbocycles. The highest BCUT2D eigenvalue weighted by Gasteiger charge is 1.74. The molecule has 0 aliphatic heterocycles. The van der Waals surface area contributed by atoms with E-state index >= 15 is 0 Å². The fourth-order valence-corrected chi connectivity index (χ4v) is 0.720. The van der Waals surface area contributed by atoms with Gasteiger partial charge in [0, 0.05) is 4.47 Å². The molecular weight excluding hydrogens is 230 g/mol. The second kappa shape index (κ2) is 22.6. The molecule has 0 spiro atoms. The Kier molecular flexibility index (Phi) is 31.9. The molecule has 0 unspecified atom stereocenters. The third-order valence-electron chi connectivity index (χ3n) is 0.733. The van der Waals surface area contributed by atoms with Gasteiger partial charge in [-0.15, -0.1) is 0 Å². The molecule has 1 rings (SSSR count). The number of rotatable bonds is 0. The molecule has 0 saturated heterocycles. The van der Waals surface area contributed by atoms with Gasteiger partial charge in [0.1, 0.15) is 0 Å². The van der Waals surface area contributed by atoms with Crippen molar-refractivity contribution in [2.45, 2.75) is 0 Å². The van der Waals surface area contributed by atoms with Crippen molar-refractivity contribution in [2.24, 2.45) is 17.2 Å². The van der Waals surface area contributed by atoms with E-state index in [2.05, 4.69) is 33.1 Å². The summed E-state index contributed by atoms with van der Waals surface area (Å²) in [5.41, 5.74) is 13.5. The molecule has 0 aromatic heterocycles. The maximum absolute atomic E-state index is 4.50. The fourth-order valence-electron chi connectivity index (χ4n) is 0.415. The molecule has 0 aliphatic rings. The molecule has 6 N–H and O–H groups in total. The molecule has 0 atom stereocenters. The van der Waals surface area contributed by atoms with Crippen LogP contribution in [0.5, 0.6) is 0 Å². The largest absolute Gasteiger partial charge is 0.333 e. The van der Waals surface area contributed by atoms with Gasteiger partial charge in [0.25, 0.3) is 0 Å². The van der Waals surface area contributed by atoms with Crippen LogP contribution in [0.4, 0.5) is 0 Å². The van der Waals surface area contributed by atoms with Crippen LogP contribution in [0.1, 0.15) is 0 Å². The summed E-state index contributed by atoms with van der Waals surface area (Å²) in [5.74, 6) is 0. The van der Waals surface area contributed by atoms with E-state index in [9.17, 15) is 0 Å². The normalized spacial score (nSPS) is 6.08. The van der Waals surface area contributed by atoms with E-state index in [-0.39, 0.29) is 0 Å². The minimum Gasteiger partial charge on any atom is -0.333 e. The lowest BCUT2D eigenvalue weighted by Gasteiger charge is -1.80. The maximum Gasteiger partial charge on any atom is 0.0175 e. The summed E-state index contributed by atoms with van der Waals surface area (Å²) in [7, 11) is 4.50. The van der Waals surface area contributed by atoms with Crippen LogP contribution in [-0.2, 0) is 0 Å². The van der Waals surface area contributed by atoms with Crippen molar-refractivity contribution in [2.75, 3.05) is 21.1 Å². The fraction of sp³-hybridized carbons (Fsp3) is 0.333. The van der Waals surface area contributed by atoms with Crippen molar-refractivity contribution >= 4 is 15.9 Å². The van der Waals surface area contributed by atoms with E-state index < -0.39 is 0 Å². The van der Waals surface area contributed by atoms with Crippen LogP contribution in [0, 0.1) is 0 Å². The Morgan fingerprint density at radius 3 is 1.23 bits per heavy atom. The van der Waals surface area contributed by atoms with Gasteiger partial charge in [0.05, 0.1) is 0 Å². The summed E-state index contributed by atoms with van der Waals surface area (Å²) in [4.78, 5) is 0. The molecule has 0 fully saturated rings. The minimum absolute atomic E-state index is 1.13. The van der Waals surface area contributed by atoms with E-state index in [1.54, 1.807) is 0 Å². The predicted molar refractivity (Wildman–Crippen MR) is 64.5 cm³/mol. The quantitative estimate of drug-likeness (QED) is 0.646. The summed E-state index contributed by atoms with van der Waals surface area (Å²) in [6, 6.07) is 9.97. The third kappa shape index (κ3) is 18.5. The first-order chi connectivity index (χ1) is 6.39. The van der Waals surface area contributed by atoms with E-state index in [4.69, 9.17) is 0 Å². The summed E-state index contributed by atoms with van der Waals surface area (Å²) in [5, 5.41) is 0. The average Bonchev–Trinajstić information content (AvgIpc) is 2.28. The van der Waals surface area contributed by atoms with Gasteiger partial charge >= 0.3 is 0 Å². The molecule has 3 nitrogen and oxygen atoms in total. The van der Waals surface area contributed by atoms with Gasteiger partial charge in [-0.05, 0) is 33.3 Å². The lowest BCUT2D eigenvalue weighted by molar-refractivity contribution is 1.48. The van der Waals surface area contributed by atoms with E-state index in [0.29, 0.717) is 0 Å². The van der Waals surface area contributed by atoms with Crippen LogP contribution >= 0.6 is 15.9 Å². The van der Waals surface area contributed by atoms with Crippen LogP contribution in [0.2, 0.25) is 0 Å². The Bertz CT molecular complexity index is 145. The van der Waals surface area contributed by atoms with Crippen molar-refractivity contribution in [3.8, 4) is 0 Å². The Morgan fingerprint density at radius 2 is 1.08 bits per heavy atom. The highest BCUT2D eigenvalue weighted by atomic mass is 79.9. The Labute approximate surface area is 89.4 Å². The Hall–Kier alpha value is -0.420. The third-order valence-corrected chi connectivity index (χ3v) is 1.26. The van der Waals surface area contributed by atoms with Gasteiger partial charge in [0.2, 0.25) is 0 Å². The van der Waals surface area contributed by atoms with Crippen molar-refractivity contribution in [1.29, 1.82) is 0 Å². The van der Waals surface area contributed by atoms with Gasteiger partial charge in [-0.2, -0.15) is 0 Å². The first-order valence-corrected chi connectivity index (χ1v) is 4.62. The van der Waals surface area contributed by atoms with Gasteiger partial charge < -0.3 is 17.2 Å². The van der Waals surface area contributed by atoms with Crippen LogP contribution in [0.3, 0.4) is 0 Å². The summed E-state index contributed by atoms with van der Waals surface area (Å²) in [6.07, 6.45) is 0. The zero-order valence-corrected chi connectivity index (χ0v) is 10.1. The minimum atomic E-state index is 1.13. The zero-order valence-electron chi connectivity index (χ0n) is 8.50. The number of nitrogens with two attached hydrogens (primary N) is 3. The lowest BCUT2D eigenvalue weighted by atomic mass is 10.4. The van der Waals surface area contributed by atoms with E-state index in [1.807, 2.05) is 30.3 Å². The van der Waals surface area contributed by atoms with Crippen LogP contribution in [0.25, 0.3) is 0 Å². The highest BCUT2D eigenvalue weighted by Crippen LogP contribution is 2.05. The second-order valence-electron chi connectivity index (χ2n) is 1.30. The summed E-state index contributed by atoms with van der Waals surface area (Å²) < 4.78 is 1.13. The van der Waals surface area contributed by atoms with E-state index in [1.165, 1.54) is 21.1 Å². The molecule has 0 saturated carbocycles. The molecule has 0 bridgehead atoms. The van der Waals surface area contributed by atoms with Crippen LogP contribution in [0.15, 0.2) is 34.8 Å². The summed E-state index contributed by atoms with van der Waals surface area (Å²) >= 11 is 3.31. The molecule has 78 valence electrons.